The molecular weight excluding hydrogens is 481 g/mol. The molecule has 4 N–H and O–H groups in total. The van der Waals surface area contributed by atoms with E-state index in [9.17, 15) is 14.5 Å². The maximum Gasteiger partial charge on any atom is 0.384 e. The smallest absolute Gasteiger partial charge is 0.384 e. The lowest BCUT2D eigenvalue weighted by Crippen LogP contribution is -2.44. The topological polar surface area (TPSA) is 145 Å². The van der Waals surface area contributed by atoms with E-state index in [1.54, 1.807) is 24.3 Å². The monoisotopic (exact) mass is 491 g/mol. The summed E-state index contributed by atoms with van der Waals surface area (Å²) in [5.41, 5.74) is 6.86. The highest BCUT2D eigenvalue weighted by molar-refractivity contribution is 9.12. The number of methoxy groups -OCH3 is 1. The SMILES string of the molecule is COc1cccc(Nc2nc(C(N)(SC(F)(Cl)Br)[N+](=O)[O-])nc3nc[nH]c23)c1. The minimum atomic E-state index is -2.71. The molecule has 0 radical (unpaired) electrons. The van der Waals surface area contributed by atoms with Gasteiger partial charge >= 0.3 is 4.99 Å². The molecule has 0 aliphatic rings. The van der Waals surface area contributed by atoms with Crippen molar-refractivity contribution < 1.29 is 14.1 Å². The summed E-state index contributed by atoms with van der Waals surface area (Å²) in [7, 11) is 1.52. The highest BCUT2D eigenvalue weighted by Crippen LogP contribution is 2.47. The van der Waals surface area contributed by atoms with Crippen LogP contribution in [0, 0.1) is 10.1 Å². The Balaban J connectivity index is 2.11. The number of thioether (sulfide) groups is 1. The van der Waals surface area contributed by atoms with Gasteiger partial charge in [0.05, 0.1) is 18.4 Å². The molecule has 0 saturated heterocycles. The largest absolute Gasteiger partial charge is 0.497 e. The third-order valence-corrected chi connectivity index (χ3v) is 5.07. The average Bonchev–Trinajstić information content (AvgIpc) is 3.09. The molecule has 0 aliphatic carbocycles. The minimum Gasteiger partial charge on any atom is -0.497 e. The van der Waals surface area contributed by atoms with E-state index >= 15 is 0 Å². The van der Waals surface area contributed by atoms with Gasteiger partial charge in [0.25, 0.3) is 3.37 Å². The van der Waals surface area contributed by atoms with E-state index in [1.165, 1.54) is 13.4 Å². The van der Waals surface area contributed by atoms with E-state index in [1.807, 2.05) is 0 Å². The van der Waals surface area contributed by atoms with Crippen molar-refractivity contribution in [3.05, 3.63) is 46.5 Å². The molecule has 2 heterocycles. The fourth-order valence-electron chi connectivity index (χ4n) is 2.26. The van der Waals surface area contributed by atoms with Gasteiger partial charge in [-0.25, -0.2) is 25.1 Å². The van der Waals surface area contributed by atoms with Gasteiger partial charge in [-0.1, -0.05) is 17.7 Å². The minimum absolute atomic E-state index is 0.0190. The van der Waals surface area contributed by atoms with Crippen LogP contribution >= 0.6 is 39.3 Å². The zero-order chi connectivity index (χ0) is 20.5. The number of nitro groups is 1. The molecule has 3 rings (SSSR count). The number of nitrogens with zero attached hydrogens (tertiary/aromatic N) is 4. The molecule has 0 saturated carbocycles. The number of fused-ring (bicyclic) bond motifs is 1. The van der Waals surface area contributed by atoms with Gasteiger partial charge in [0.2, 0.25) is 5.82 Å². The van der Waals surface area contributed by atoms with E-state index in [0.29, 0.717) is 17.0 Å². The fourth-order valence-corrected chi connectivity index (χ4v) is 3.97. The molecule has 10 nitrogen and oxygen atoms in total. The Morgan fingerprint density at radius 2 is 2.25 bits per heavy atom. The van der Waals surface area contributed by atoms with Gasteiger partial charge in [0.15, 0.2) is 11.5 Å². The first-order chi connectivity index (χ1) is 13.1. The van der Waals surface area contributed by atoms with Crippen LogP contribution in [0.4, 0.5) is 15.9 Å². The van der Waals surface area contributed by atoms with Crippen LogP contribution in [0.5, 0.6) is 5.75 Å². The zero-order valence-corrected chi connectivity index (χ0v) is 17.2. The predicted molar refractivity (Wildman–Crippen MR) is 107 cm³/mol. The van der Waals surface area contributed by atoms with Gasteiger partial charge in [-0.05, 0) is 28.1 Å². The number of aromatic amines is 1. The van der Waals surface area contributed by atoms with Crippen LogP contribution in [0.1, 0.15) is 5.82 Å². The Kier molecular flexibility index (Phi) is 5.61. The molecule has 14 heteroatoms. The number of hydrogen-bond acceptors (Lipinski definition) is 9. The molecule has 0 aliphatic heterocycles. The number of aromatic nitrogens is 4. The van der Waals surface area contributed by atoms with Crippen molar-refractivity contribution in [3.63, 3.8) is 0 Å². The quantitative estimate of drug-likeness (QED) is 0.195. The first-order valence-electron chi connectivity index (χ1n) is 7.45. The second kappa shape index (κ2) is 7.66. The van der Waals surface area contributed by atoms with Gasteiger partial charge < -0.3 is 15.0 Å². The number of nitrogens with two attached hydrogens (primary N) is 1. The lowest BCUT2D eigenvalue weighted by molar-refractivity contribution is -0.547. The van der Waals surface area contributed by atoms with Gasteiger partial charge in [-0.2, -0.15) is 0 Å². The van der Waals surface area contributed by atoms with E-state index < -0.39 is 19.1 Å². The number of H-pyrrole nitrogens is 1. The summed E-state index contributed by atoms with van der Waals surface area (Å²) in [5.74, 6) is 0.240. The van der Waals surface area contributed by atoms with Crippen LogP contribution in [0.25, 0.3) is 11.2 Å². The Labute approximate surface area is 174 Å². The van der Waals surface area contributed by atoms with Gasteiger partial charge in [-0.3, -0.25) is 10.1 Å². The summed E-state index contributed by atoms with van der Waals surface area (Å²) in [6.07, 6.45) is 1.34. The van der Waals surface area contributed by atoms with Crippen molar-refractivity contribution in [2.45, 2.75) is 8.36 Å². The maximum absolute atomic E-state index is 13.9. The second-order valence-corrected chi connectivity index (χ2v) is 9.56. The zero-order valence-electron chi connectivity index (χ0n) is 14.0. The molecular formula is C14H12BrClFN7O3S. The Hall–Kier alpha value is -2.22. The molecule has 0 fully saturated rings. The van der Waals surface area contributed by atoms with Crippen LogP contribution < -0.4 is 15.8 Å². The van der Waals surface area contributed by atoms with Crippen molar-refractivity contribution in [1.82, 2.24) is 19.9 Å². The van der Waals surface area contributed by atoms with Crippen LogP contribution in [0.2, 0.25) is 0 Å². The number of ether oxygens (including phenoxy) is 1. The highest BCUT2D eigenvalue weighted by Gasteiger charge is 2.52. The number of rotatable bonds is 7. The number of nitrogens with one attached hydrogen (secondary N) is 2. The number of benzene rings is 1. The summed E-state index contributed by atoms with van der Waals surface area (Å²) in [4.78, 5) is 23.0. The van der Waals surface area contributed by atoms with Crippen molar-refractivity contribution in [2.24, 2.45) is 5.73 Å². The summed E-state index contributed by atoms with van der Waals surface area (Å²) >= 11 is 7.90. The van der Waals surface area contributed by atoms with E-state index in [2.05, 4.69) is 41.2 Å². The number of halogens is 3. The number of anilines is 2. The van der Waals surface area contributed by atoms with Crippen LogP contribution in [0.15, 0.2) is 30.6 Å². The van der Waals surface area contributed by atoms with Crippen molar-refractivity contribution in [3.8, 4) is 5.75 Å². The Morgan fingerprint density at radius 1 is 1.50 bits per heavy atom. The molecule has 0 spiro atoms. The normalized spacial score (nSPS) is 15.6. The predicted octanol–water partition coefficient (Wildman–Crippen LogP) is 3.40. The molecule has 28 heavy (non-hydrogen) atoms. The first-order valence-corrected chi connectivity index (χ1v) is 9.44. The summed E-state index contributed by atoms with van der Waals surface area (Å²) in [6, 6.07) is 6.90. The number of hydrogen-bond donors (Lipinski definition) is 3. The molecule has 3 aromatic rings. The van der Waals surface area contributed by atoms with E-state index in [0.717, 1.165) is 0 Å². The molecule has 1 aromatic carbocycles. The fraction of sp³-hybridized carbons (Fsp3) is 0.214. The number of imidazole rings is 1. The van der Waals surface area contributed by atoms with Crippen molar-refractivity contribution in [1.29, 1.82) is 0 Å². The molecule has 148 valence electrons. The molecule has 0 bridgehead atoms. The van der Waals surface area contributed by atoms with Crippen molar-refractivity contribution >= 4 is 62.0 Å². The molecule has 2 unspecified atom stereocenters. The Morgan fingerprint density at radius 3 is 2.89 bits per heavy atom. The van der Waals surface area contributed by atoms with Crippen LogP contribution in [0.3, 0.4) is 0 Å². The third kappa shape index (κ3) is 4.27. The average molecular weight is 493 g/mol. The summed E-state index contributed by atoms with van der Waals surface area (Å²) in [5, 5.41) is 14.6. The Bertz CT molecular complexity index is 1030. The number of alkyl halides is 3. The maximum atomic E-state index is 13.9. The second-order valence-electron chi connectivity index (χ2n) is 5.36. The van der Waals surface area contributed by atoms with Crippen LogP contribution in [-0.4, -0.2) is 35.3 Å². The van der Waals surface area contributed by atoms with Gasteiger partial charge in [0.1, 0.15) is 11.3 Å². The highest BCUT2D eigenvalue weighted by atomic mass is 79.9. The molecule has 2 aromatic heterocycles. The lowest BCUT2D eigenvalue weighted by Gasteiger charge is -2.21. The standard InChI is InChI=1S/C14H12BrClFN7O3S/c1-27-8-4-2-3-7(5-8)21-11-9-10(20-6-19-9)22-12(23-11)13(18,24(25)26)28-14(15,16)17/h2-6H,18H2,1H3,(H2,19,20,21,22,23). The van der Waals surface area contributed by atoms with Gasteiger partial charge in [-0.15, -0.1) is 0 Å². The van der Waals surface area contributed by atoms with E-state index in [4.69, 9.17) is 22.1 Å². The third-order valence-electron chi connectivity index (χ3n) is 3.48. The molecule has 2 atom stereocenters. The summed E-state index contributed by atoms with van der Waals surface area (Å²) in [6.45, 7) is 0. The first kappa shape index (κ1) is 20.5. The summed E-state index contributed by atoms with van der Waals surface area (Å²) < 4.78 is 16.3. The molecule has 0 amide bonds. The van der Waals surface area contributed by atoms with E-state index in [-0.39, 0.29) is 23.2 Å². The van der Waals surface area contributed by atoms with Crippen LogP contribution in [-0.2, 0) is 4.99 Å². The lowest BCUT2D eigenvalue weighted by atomic mass is 10.3. The van der Waals surface area contributed by atoms with Crippen molar-refractivity contribution in [2.75, 3.05) is 12.4 Å². The van der Waals surface area contributed by atoms with Gasteiger partial charge in [0, 0.05) is 23.5 Å².